The summed E-state index contributed by atoms with van der Waals surface area (Å²) in [5.41, 5.74) is 0. The maximum absolute atomic E-state index is 12.4. The molecule has 0 saturated heterocycles. The summed E-state index contributed by atoms with van der Waals surface area (Å²) in [6, 6.07) is 4.35. The zero-order chi connectivity index (χ0) is 14.8. The van der Waals surface area contributed by atoms with Gasteiger partial charge in [0.2, 0.25) is 10.0 Å². The van der Waals surface area contributed by atoms with Gasteiger partial charge in [-0.15, -0.1) is 0 Å². The summed E-state index contributed by atoms with van der Waals surface area (Å²) < 4.78 is 27.5. The number of hydrogen-bond acceptors (Lipinski definition) is 2. The highest BCUT2D eigenvalue weighted by atomic mass is 35.5. The number of benzene rings is 1. The summed E-state index contributed by atoms with van der Waals surface area (Å²) in [5, 5.41) is 0.579. The zero-order valence-electron chi connectivity index (χ0n) is 11.4. The van der Waals surface area contributed by atoms with Crippen LogP contribution in [0, 0.1) is 5.92 Å². The summed E-state index contributed by atoms with van der Waals surface area (Å²) in [6.07, 6.45) is 5.77. The smallest absolute Gasteiger partial charge is 0.208 e. The van der Waals surface area contributed by atoms with E-state index in [1.807, 2.05) is 6.92 Å². The summed E-state index contributed by atoms with van der Waals surface area (Å²) in [7, 11) is -3.60. The van der Waals surface area contributed by atoms with Crippen LogP contribution in [-0.4, -0.2) is 14.5 Å². The second-order valence-electron chi connectivity index (χ2n) is 5.38. The second kappa shape index (κ2) is 6.65. The minimum atomic E-state index is -3.60. The third-order valence-electron chi connectivity index (χ3n) is 3.88. The van der Waals surface area contributed by atoms with Crippen LogP contribution in [0.15, 0.2) is 23.1 Å². The number of nitrogens with one attached hydrogen (secondary N) is 1. The van der Waals surface area contributed by atoms with Gasteiger partial charge in [-0.2, -0.15) is 0 Å². The van der Waals surface area contributed by atoms with Crippen LogP contribution in [0.4, 0.5) is 0 Å². The molecule has 1 saturated carbocycles. The van der Waals surface area contributed by atoms with E-state index in [9.17, 15) is 8.42 Å². The van der Waals surface area contributed by atoms with Gasteiger partial charge in [-0.05, 0) is 43.9 Å². The maximum Gasteiger partial charge on any atom is 0.242 e. The summed E-state index contributed by atoms with van der Waals surface area (Å²) in [4.78, 5) is 0.0891. The van der Waals surface area contributed by atoms with Crippen molar-refractivity contribution < 1.29 is 8.42 Å². The van der Waals surface area contributed by atoms with Crippen molar-refractivity contribution in [3.05, 3.63) is 28.2 Å². The van der Waals surface area contributed by atoms with E-state index in [4.69, 9.17) is 23.2 Å². The molecular weight excluding hydrogens is 317 g/mol. The van der Waals surface area contributed by atoms with Crippen molar-refractivity contribution in [1.29, 1.82) is 0 Å². The quantitative estimate of drug-likeness (QED) is 0.894. The first-order valence-corrected chi connectivity index (χ1v) is 9.11. The lowest BCUT2D eigenvalue weighted by molar-refractivity contribution is 0.303. The van der Waals surface area contributed by atoms with E-state index >= 15 is 0 Å². The van der Waals surface area contributed by atoms with Gasteiger partial charge in [0.05, 0.1) is 5.02 Å². The molecule has 1 aliphatic rings. The van der Waals surface area contributed by atoms with Gasteiger partial charge in [-0.25, -0.2) is 13.1 Å². The van der Waals surface area contributed by atoms with Gasteiger partial charge in [0.25, 0.3) is 0 Å². The van der Waals surface area contributed by atoms with Gasteiger partial charge >= 0.3 is 0 Å². The lowest BCUT2D eigenvalue weighted by Gasteiger charge is -2.28. The average Bonchev–Trinajstić information content (AvgIpc) is 2.38. The molecule has 1 aliphatic carbocycles. The number of rotatable bonds is 4. The fraction of sp³-hybridized carbons (Fsp3) is 0.571. The topological polar surface area (TPSA) is 46.2 Å². The van der Waals surface area contributed by atoms with Crippen molar-refractivity contribution in [2.24, 2.45) is 5.92 Å². The third kappa shape index (κ3) is 3.88. The Kier molecular flexibility index (Phi) is 5.35. The van der Waals surface area contributed by atoms with Crippen LogP contribution < -0.4 is 4.72 Å². The fourth-order valence-corrected chi connectivity index (χ4v) is 4.82. The molecule has 3 nitrogen and oxygen atoms in total. The molecule has 0 heterocycles. The first kappa shape index (κ1) is 16.1. The molecule has 0 spiro atoms. The van der Waals surface area contributed by atoms with Crippen molar-refractivity contribution in [1.82, 2.24) is 4.72 Å². The number of sulfonamides is 1. The first-order chi connectivity index (χ1) is 9.40. The Morgan fingerprint density at radius 2 is 1.85 bits per heavy atom. The molecule has 1 unspecified atom stereocenters. The Bertz CT molecular complexity index is 569. The number of halogens is 2. The van der Waals surface area contributed by atoms with Crippen LogP contribution >= 0.6 is 23.2 Å². The number of hydrogen-bond donors (Lipinski definition) is 1. The third-order valence-corrected chi connectivity index (χ3v) is 6.16. The van der Waals surface area contributed by atoms with Crippen LogP contribution in [-0.2, 0) is 10.0 Å². The van der Waals surface area contributed by atoms with E-state index in [1.165, 1.54) is 37.5 Å². The average molecular weight is 336 g/mol. The largest absolute Gasteiger partial charge is 0.242 e. The second-order valence-corrected chi connectivity index (χ2v) is 7.91. The van der Waals surface area contributed by atoms with Crippen molar-refractivity contribution in [2.75, 3.05) is 0 Å². The van der Waals surface area contributed by atoms with Gasteiger partial charge in [0, 0.05) is 11.1 Å². The Hall–Kier alpha value is -0.290. The SMILES string of the molecule is CC(NS(=O)(=O)c1ccc(Cl)cc1Cl)C1CCCCC1. The van der Waals surface area contributed by atoms with Crippen molar-refractivity contribution >= 4 is 33.2 Å². The molecule has 0 radical (unpaired) electrons. The van der Waals surface area contributed by atoms with Crippen LogP contribution in [0.2, 0.25) is 10.0 Å². The first-order valence-electron chi connectivity index (χ1n) is 6.87. The molecule has 1 aromatic rings. The monoisotopic (exact) mass is 335 g/mol. The fourth-order valence-electron chi connectivity index (χ4n) is 2.73. The van der Waals surface area contributed by atoms with Gasteiger partial charge in [-0.1, -0.05) is 42.5 Å². The van der Waals surface area contributed by atoms with E-state index in [0.29, 0.717) is 10.9 Å². The molecule has 20 heavy (non-hydrogen) atoms. The van der Waals surface area contributed by atoms with Crippen molar-refractivity contribution in [2.45, 2.75) is 50.0 Å². The van der Waals surface area contributed by atoms with E-state index in [-0.39, 0.29) is 16.0 Å². The highest BCUT2D eigenvalue weighted by Gasteiger charge is 2.26. The molecule has 0 amide bonds. The molecule has 0 aromatic heterocycles. The standard InChI is InChI=1S/C14H19Cl2NO2S/c1-10(11-5-3-2-4-6-11)17-20(18,19)14-8-7-12(15)9-13(14)16/h7-11,17H,2-6H2,1H3. The van der Waals surface area contributed by atoms with Gasteiger partial charge in [0.15, 0.2) is 0 Å². The van der Waals surface area contributed by atoms with Gasteiger partial charge in [-0.3, -0.25) is 0 Å². The van der Waals surface area contributed by atoms with Gasteiger partial charge in [0.1, 0.15) is 4.90 Å². The van der Waals surface area contributed by atoms with E-state index < -0.39 is 10.0 Å². The predicted molar refractivity (Wildman–Crippen MR) is 82.8 cm³/mol. The zero-order valence-corrected chi connectivity index (χ0v) is 13.7. The van der Waals surface area contributed by atoms with Gasteiger partial charge < -0.3 is 0 Å². The summed E-state index contributed by atoms with van der Waals surface area (Å²) >= 11 is 11.8. The molecule has 1 N–H and O–H groups in total. The molecule has 1 fully saturated rings. The van der Waals surface area contributed by atoms with E-state index in [2.05, 4.69) is 4.72 Å². The lowest BCUT2D eigenvalue weighted by Crippen LogP contribution is -2.38. The predicted octanol–water partition coefficient (Wildman–Crippen LogP) is 4.24. The molecular formula is C14H19Cl2NO2S. The van der Waals surface area contributed by atoms with Crippen LogP contribution in [0.3, 0.4) is 0 Å². The Balaban J connectivity index is 2.13. The van der Waals surface area contributed by atoms with Crippen molar-refractivity contribution in [3.63, 3.8) is 0 Å². The molecule has 2 rings (SSSR count). The molecule has 1 atom stereocenters. The summed E-state index contributed by atoms with van der Waals surface area (Å²) in [6.45, 7) is 1.93. The van der Waals surface area contributed by atoms with Crippen LogP contribution in [0.1, 0.15) is 39.0 Å². The van der Waals surface area contributed by atoms with E-state index in [0.717, 1.165) is 12.8 Å². The highest BCUT2D eigenvalue weighted by Crippen LogP contribution is 2.29. The normalized spacial score (nSPS) is 18.9. The molecule has 112 valence electrons. The Morgan fingerprint density at radius 3 is 2.45 bits per heavy atom. The maximum atomic E-state index is 12.4. The molecule has 0 aliphatic heterocycles. The Labute approximate surface area is 130 Å². The van der Waals surface area contributed by atoms with Crippen LogP contribution in [0.25, 0.3) is 0 Å². The van der Waals surface area contributed by atoms with E-state index in [1.54, 1.807) is 0 Å². The Morgan fingerprint density at radius 1 is 1.20 bits per heavy atom. The minimum Gasteiger partial charge on any atom is -0.208 e. The van der Waals surface area contributed by atoms with Crippen LogP contribution in [0.5, 0.6) is 0 Å². The minimum absolute atomic E-state index is 0.0768. The highest BCUT2D eigenvalue weighted by molar-refractivity contribution is 7.89. The lowest BCUT2D eigenvalue weighted by atomic mass is 9.85. The van der Waals surface area contributed by atoms with Crippen molar-refractivity contribution in [3.8, 4) is 0 Å². The molecule has 0 bridgehead atoms. The summed E-state index contributed by atoms with van der Waals surface area (Å²) in [5.74, 6) is 0.407. The molecule has 1 aromatic carbocycles. The molecule has 6 heteroatoms.